The fourth-order valence-corrected chi connectivity index (χ4v) is 7.63. The van der Waals surface area contributed by atoms with E-state index < -0.39 is 36.1 Å². The highest BCUT2D eigenvalue weighted by atomic mass is 32.2. The quantitative estimate of drug-likeness (QED) is 0.0402. The van der Waals surface area contributed by atoms with Crippen LogP contribution in [0.25, 0.3) is 0 Å². The van der Waals surface area contributed by atoms with Gasteiger partial charge in [0, 0.05) is 37.2 Å². The van der Waals surface area contributed by atoms with Gasteiger partial charge in [-0.1, -0.05) is 168 Å². The Bertz CT molecular complexity index is 979. The van der Waals surface area contributed by atoms with Gasteiger partial charge in [-0.25, -0.2) is 4.79 Å². The maximum atomic E-state index is 12.9. The fourth-order valence-electron chi connectivity index (χ4n) is 6.57. The zero-order valence-electron chi connectivity index (χ0n) is 35.2. The number of carbonyl (C=O) groups excluding carboxylic acids is 3. The second-order valence-electron chi connectivity index (χ2n) is 15.4. The van der Waals surface area contributed by atoms with E-state index in [9.17, 15) is 29.1 Å². The monoisotopic (exact) mass is 800 g/mol. The van der Waals surface area contributed by atoms with Gasteiger partial charge in [0.1, 0.15) is 18.2 Å². The lowest BCUT2D eigenvalue weighted by atomic mass is 10.0. The van der Waals surface area contributed by atoms with Crippen LogP contribution in [0.2, 0.25) is 0 Å². The molecule has 0 aliphatic carbocycles. The maximum absolute atomic E-state index is 12.9. The average Bonchev–Trinajstić information content (AvgIpc) is 3.14. The van der Waals surface area contributed by atoms with Gasteiger partial charge >= 0.3 is 23.9 Å². The van der Waals surface area contributed by atoms with Crippen LogP contribution in [-0.4, -0.2) is 69.8 Å². The summed E-state index contributed by atoms with van der Waals surface area (Å²) in [4.78, 5) is 60.2. The van der Waals surface area contributed by atoms with Crippen molar-refractivity contribution in [2.45, 2.75) is 238 Å². The van der Waals surface area contributed by atoms with Crippen molar-refractivity contribution < 1.29 is 43.7 Å². The Morgan fingerprint density at radius 3 is 1.29 bits per heavy atom. The second-order valence-corrected chi connectivity index (χ2v) is 16.6. The molecular weight excluding hydrogens is 719 g/mol. The third-order valence-corrected chi connectivity index (χ3v) is 11.2. The Hall–Kier alpha value is -2.30. The molecule has 0 aromatic rings. The summed E-state index contributed by atoms with van der Waals surface area (Å²) in [6.45, 7) is 6.22. The molecule has 0 spiro atoms. The number of aliphatic carboxylic acids is 2. The molecule has 0 bridgehead atoms. The van der Waals surface area contributed by atoms with Gasteiger partial charge in [-0.3, -0.25) is 19.2 Å². The smallest absolute Gasteiger partial charge is 0.326 e. The van der Waals surface area contributed by atoms with Gasteiger partial charge in [-0.2, -0.15) is 11.8 Å². The van der Waals surface area contributed by atoms with Crippen molar-refractivity contribution in [3.05, 3.63) is 0 Å². The second kappa shape index (κ2) is 38.6. The highest BCUT2D eigenvalue weighted by Gasteiger charge is 2.26. The zero-order chi connectivity index (χ0) is 40.8. The molecule has 322 valence electrons. The molecule has 1 amide bonds. The average molecular weight is 800 g/mol. The summed E-state index contributed by atoms with van der Waals surface area (Å²) in [5, 5.41) is 20.6. The number of hydrogen-bond donors (Lipinski definition) is 3. The Kier molecular flexibility index (Phi) is 37.0. The first-order valence-corrected chi connectivity index (χ1v) is 23.5. The minimum Gasteiger partial charge on any atom is -0.481 e. The Morgan fingerprint density at radius 1 is 0.527 bits per heavy atom. The van der Waals surface area contributed by atoms with Crippen molar-refractivity contribution in [1.82, 2.24) is 5.32 Å². The third kappa shape index (κ3) is 35.8. The molecule has 0 saturated carbocycles. The molecule has 0 radical (unpaired) electrons. The van der Waals surface area contributed by atoms with Crippen LogP contribution in [0.15, 0.2) is 0 Å². The number of esters is 2. The standard InChI is InChI=1S/C44H81NO9S/c1-4-6-8-10-12-14-16-18-20-22-24-26-28-30-42(49)53-37(3)39(36-55-35-34-40(46)45-38(44(51)52)32-33-41(47)48)54-43(50)31-29-27-25-23-21-19-17-15-13-11-9-7-5-2/h37-39H,4-36H2,1-3H3,(H,45,46)(H,47,48)(H,51,52)/t37?,38-,39?/m0/s1. The first-order valence-electron chi connectivity index (χ1n) is 22.3. The molecule has 0 saturated heterocycles. The Labute approximate surface area is 339 Å². The van der Waals surface area contributed by atoms with Gasteiger partial charge in [0.25, 0.3) is 0 Å². The van der Waals surface area contributed by atoms with Crippen LogP contribution < -0.4 is 5.32 Å². The number of carboxylic acids is 2. The summed E-state index contributed by atoms with van der Waals surface area (Å²) >= 11 is 1.36. The van der Waals surface area contributed by atoms with E-state index in [1.165, 1.54) is 140 Å². The van der Waals surface area contributed by atoms with Crippen LogP contribution in [0, 0.1) is 0 Å². The number of hydrogen-bond acceptors (Lipinski definition) is 8. The van der Waals surface area contributed by atoms with Gasteiger partial charge in [-0.05, 0) is 26.2 Å². The van der Waals surface area contributed by atoms with E-state index in [-0.39, 0.29) is 31.2 Å². The lowest BCUT2D eigenvalue weighted by Gasteiger charge is -2.24. The molecule has 10 nitrogen and oxygen atoms in total. The highest BCUT2D eigenvalue weighted by molar-refractivity contribution is 7.99. The van der Waals surface area contributed by atoms with Crippen LogP contribution in [0.3, 0.4) is 0 Å². The number of carbonyl (C=O) groups is 5. The molecule has 0 aliphatic rings. The fraction of sp³-hybridized carbons (Fsp3) is 0.886. The van der Waals surface area contributed by atoms with Crippen LogP contribution in [0.5, 0.6) is 0 Å². The largest absolute Gasteiger partial charge is 0.481 e. The van der Waals surface area contributed by atoms with Gasteiger partial charge in [0.15, 0.2) is 0 Å². The van der Waals surface area contributed by atoms with Crippen molar-refractivity contribution in [2.75, 3.05) is 11.5 Å². The van der Waals surface area contributed by atoms with Crippen LogP contribution >= 0.6 is 11.8 Å². The summed E-state index contributed by atoms with van der Waals surface area (Å²) in [7, 11) is 0. The van der Waals surface area contributed by atoms with E-state index in [4.69, 9.17) is 14.6 Å². The van der Waals surface area contributed by atoms with E-state index >= 15 is 0 Å². The molecule has 0 fully saturated rings. The van der Waals surface area contributed by atoms with Crippen molar-refractivity contribution in [2.24, 2.45) is 0 Å². The number of unbranched alkanes of at least 4 members (excludes halogenated alkanes) is 24. The minimum absolute atomic E-state index is 0.00829. The first kappa shape index (κ1) is 52.7. The van der Waals surface area contributed by atoms with Gasteiger partial charge < -0.3 is 25.0 Å². The molecular formula is C44H81NO9S. The van der Waals surface area contributed by atoms with Crippen molar-refractivity contribution >= 4 is 41.5 Å². The van der Waals surface area contributed by atoms with Gasteiger partial charge in [0.2, 0.25) is 5.91 Å². The molecule has 3 atom stereocenters. The number of nitrogens with one attached hydrogen (secondary N) is 1. The van der Waals surface area contributed by atoms with Crippen LogP contribution in [0.1, 0.15) is 220 Å². The molecule has 55 heavy (non-hydrogen) atoms. The van der Waals surface area contributed by atoms with Crippen LogP contribution in [0.4, 0.5) is 0 Å². The minimum atomic E-state index is -1.29. The van der Waals surface area contributed by atoms with Crippen molar-refractivity contribution in [1.29, 1.82) is 0 Å². The number of thioether (sulfide) groups is 1. The van der Waals surface area contributed by atoms with Gasteiger partial charge in [-0.15, -0.1) is 0 Å². The number of amides is 1. The van der Waals surface area contributed by atoms with E-state index in [2.05, 4.69) is 19.2 Å². The normalized spacial score (nSPS) is 12.9. The first-order chi connectivity index (χ1) is 26.6. The summed E-state index contributed by atoms with van der Waals surface area (Å²) in [5.74, 6) is -2.92. The molecule has 3 N–H and O–H groups in total. The van der Waals surface area contributed by atoms with Crippen LogP contribution in [-0.2, 0) is 33.4 Å². The number of ether oxygens (including phenoxy) is 2. The molecule has 0 aromatic heterocycles. The summed E-state index contributed by atoms with van der Waals surface area (Å²) < 4.78 is 11.6. The predicted octanol–water partition coefficient (Wildman–Crippen LogP) is 11.3. The van der Waals surface area contributed by atoms with E-state index in [1.54, 1.807) is 6.92 Å². The maximum Gasteiger partial charge on any atom is 0.326 e. The predicted molar refractivity (Wildman–Crippen MR) is 224 cm³/mol. The number of carboxylic acid groups (broad SMARTS) is 2. The van der Waals surface area contributed by atoms with Crippen molar-refractivity contribution in [3.63, 3.8) is 0 Å². The summed E-state index contributed by atoms with van der Waals surface area (Å²) in [6.07, 6.45) is 30.5. The molecule has 11 heteroatoms. The molecule has 0 aliphatic heterocycles. The topological polar surface area (TPSA) is 156 Å². The summed E-state index contributed by atoms with van der Waals surface area (Å²) in [6, 6.07) is -1.28. The van der Waals surface area contributed by atoms with E-state index in [0.717, 1.165) is 38.5 Å². The number of rotatable bonds is 41. The Balaban J connectivity index is 4.62. The summed E-state index contributed by atoms with van der Waals surface area (Å²) in [5.41, 5.74) is 0. The van der Waals surface area contributed by atoms with Gasteiger partial charge in [0.05, 0.1) is 0 Å². The molecule has 0 heterocycles. The van der Waals surface area contributed by atoms with E-state index in [1.807, 2.05) is 0 Å². The lowest BCUT2D eigenvalue weighted by Crippen LogP contribution is -2.41. The molecule has 2 unspecified atom stereocenters. The SMILES string of the molecule is CCCCCCCCCCCCCCCC(=O)OC(C)C(CSCCC(=O)N[C@@H](CCC(=O)O)C(=O)O)OC(=O)CCCCCCCCCCCCCCC. The lowest BCUT2D eigenvalue weighted by molar-refractivity contribution is -0.165. The highest BCUT2D eigenvalue weighted by Crippen LogP contribution is 2.18. The van der Waals surface area contributed by atoms with E-state index in [0.29, 0.717) is 24.3 Å². The zero-order valence-corrected chi connectivity index (χ0v) is 36.0. The third-order valence-electron chi connectivity index (χ3n) is 10.1. The Morgan fingerprint density at radius 2 is 0.909 bits per heavy atom. The molecule has 0 rings (SSSR count). The van der Waals surface area contributed by atoms with Crippen molar-refractivity contribution in [3.8, 4) is 0 Å². The molecule has 0 aromatic carbocycles.